The Hall–Kier alpha value is -1.20. The van der Waals surface area contributed by atoms with Crippen LogP contribution in [-0.2, 0) is 13.9 Å². The molecule has 0 aliphatic carbocycles. The second-order valence-electron chi connectivity index (χ2n) is 4.30. The highest BCUT2D eigenvalue weighted by Gasteiger charge is 2.32. The molecule has 0 aliphatic heterocycles. The van der Waals surface area contributed by atoms with E-state index in [1.54, 1.807) is 30.3 Å². The largest absolute Gasteiger partial charge is 0.481 e. The average Bonchev–Trinajstić information content (AvgIpc) is 2.45. The lowest BCUT2D eigenvalue weighted by molar-refractivity contribution is -0.141. The van der Waals surface area contributed by atoms with Crippen molar-refractivity contribution >= 4 is 18.6 Å². The van der Waals surface area contributed by atoms with Crippen LogP contribution < -0.4 is 5.30 Å². The van der Waals surface area contributed by atoms with Gasteiger partial charge in [0.25, 0.3) is 0 Å². The van der Waals surface area contributed by atoms with Crippen molar-refractivity contribution in [2.24, 2.45) is 5.92 Å². The number of aliphatic hydroxyl groups is 2. The van der Waals surface area contributed by atoms with Gasteiger partial charge in [-0.3, -0.25) is 9.36 Å². The Morgan fingerprint density at radius 2 is 1.85 bits per heavy atom. The Morgan fingerprint density at radius 1 is 1.20 bits per heavy atom. The number of hydrogen-bond donors (Lipinski definition) is 3. The van der Waals surface area contributed by atoms with Gasteiger partial charge in [0.1, 0.15) is 0 Å². The van der Waals surface area contributed by atoms with E-state index in [0.29, 0.717) is 5.30 Å². The first kappa shape index (κ1) is 16.9. The molecule has 1 aromatic rings. The Balaban J connectivity index is 2.99. The molecule has 2 atom stereocenters. The van der Waals surface area contributed by atoms with E-state index in [4.69, 9.17) is 19.8 Å². The molecule has 20 heavy (non-hydrogen) atoms. The van der Waals surface area contributed by atoms with E-state index in [1.807, 2.05) is 0 Å². The summed E-state index contributed by atoms with van der Waals surface area (Å²) in [6, 6.07) is 8.34. The fourth-order valence-electron chi connectivity index (χ4n) is 1.81. The van der Waals surface area contributed by atoms with Crippen molar-refractivity contribution in [2.45, 2.75) is 6.42 Å². The molecule has 0 amide bonds. The Morgan fingerprint density at radius 3 is 2.35 bits per heavy atom. The van der Waals surface area contributed by atoms with Crippen LogP contribution in [0.5, 0.6) is 0 Å². The number of benzene rings is 1. The number of carboxylic acids is 1. The van der Waals surface area contributed by atoms with Crippen molar-refractivity contribution in [1.82, 2.24) is 0 Å². The van der Waals surface area contributed by atoms with Crippen LogP contribution in [0.1, 0.15) is 6.42 Å². The van der Waals surface area contributed by atoms with Gasteiger partial charge in [-0.1, -0.05) is 18.2 Å². The molecule has 0 spiro atoms. The molecule has 0 saturated heterocycles. The maximum absolute atomic E-state index is 12.9. The fraction of sp³-hybridized carbons (Fsp3) is 0.462. The topological polar surface area (TPSA) is 104 Å². The van der Waals surface area contributed by atoms with Crippen LogP contribution in [-0.4, -0.2) is 47.3 Å². The summed E-state index contributed by atoms with van der Waals surface area (Å²) < 4.78 is 18.1. The van der Waals surface area contributed by atoms with Crippen molar-refractivity contribution in [3.8, 4) is 0 Å². The lowest BCUT2D eigenvalue weighted by atomic mass is 10.1. The molecule has 6 nitrogen and oxygen atoms in total. The van der Waals surface area contributed by atoms with Crippen LogP contribution in [0, 0.1) is 5.92 Å². The number of carbonyl (C=O) groups is 1. The quantitative estimate of drug-likeness (QED) is 0.580. The molecule has 0 fully saturated rings. The van der Waals surface area contributed by atoms with Gasteiger partial charge in [0.2, 0.25) is 7.37 Å². The SMILES string of the molecule is O=C(O)C(CCO)CP(=O)(OCCO)c1ccccc1. The van der Waals surface area contributed by atoms with Crippen LogP contribution in [0.4, 0.5) is 0 Å². The molecule has 0 aliphatic rings. The van der Waals surface area contributed by atoms with Gasteiger partial charge in [0.05, 0.1) is 19.1 Å². The first-order valence-electron chi connectivity index (χ1n) is 6.27. The minimum absolute atomic E-state index is 0.00857. The standard InChI is InChI=1S/C13H19O6P/c14-7-6-11(13(16)17)10-20(18,19-9-8-15)12-4-2-1-3-5-12/h1-5,11,14-15H,6-10H2,(H,16,17). The van der Waals surface area contributed by atoms with Crippen molar-refractivity contribution in [3.63, 3.8) is 0 Å². The van der Waals surface area contributed by atoms with E-state index in [2.05, 4.69) is 0 Å². The fourth-order valence-corrected chi connectivity index (χ4v) is 4.20. The minimum Gasteiger partial charge on any atom is -0.481 e. The van der Waals surface area contributed by atoms with Gasteiger partial charge in [0, 0.05) is 18.1 Å². The third-order valence-corrected chi connectivity index (χ3v) is 5.43. The molecule has 7 heteroatoms. The van der Waals surface area contributed by atoms with Gasteiger partial charge in [-0.2, -0.15) is 0 Å². The van der Waals surface area contributed by atoms with Gasteiger partial charge < -0.3 is 19.8 Å². The van der Waals surface area contributed by atoms with Crippen LogP contribution in [0.15, 0.2) is 30.3 Å². The zero-order valence-corrected chi connectivity index (χ0v) is 11.9. The lowest BCUT2D eigenvalue weighted by Crippen LogP contribution is -2.24. The molecule has 0 aromatic heterocycles. The molecular weight excluding hydrogens is 283 g/mol. The van der Waals surface area contributed by atoms with Crippen LogP contribution in [0.25, 0.3) is 0 Å². The number of aliphatic hydroxyl groups excluding tert-OH is 2. The van der Waals surface area contributed by atoms with Gasteiger partial charge in [-0.05, 0) is 18.6 Å². The molecule has 0 bridgehead atoms. The van der Waals surface area contributed by atoms with Crippen molar-refractivity contribution in [1.29, 1.82) is 0 Å². The molecule has 0 radical (unpaired) electrons. The summed E-state index contributed by atoms with van der Waals surface area (Å²) in [5.41, 5.74) is 0. The van der Waals surface area contributed by atoms with Gasteiger partial charge >= 0.3 is 5.97 Å². The number of rotatable bonds is 9. The molecule has 1 rings (SSSR count). The van der Waals surface area contributed by atoms with Crippen LogP contribution >= 0.6 is 7.37 Å². The first-order chi connectivity index (χ1) is 9.53. The van der Waals surface area contributed by atoms with E-state index in [-0.39, 0.29) is 32.4 Å². The summed E-state index contributed by atoms with van der Waals surface area (Å²) in [7, 11) is -3.38. The zero-order chi connectivity index (χ0) is 15.0. The minimum atomic E-state index is -3.38. The molecule has 3 N–H and O–H groups in total. The highest BCUT2D eigenvalue weighted by atomic mass is 31.2. The van der Waals surface area contributed by atoms with Crippen molar-refractivity contribution < 1.29 is 29.2 Å². The van der Waals surface area contributed by atoms with E-state index < -0.39 is 19.3 Å². The Kier molecular flexibility index (Phi) is 6.88. The summed E-state index contributed by atoms with van der Waals surface area (Å²) in [6.45, 7) is -0.724. The van der Waals surface area contributed by atoms with Gasteiger partial charge in [0.15, 0.2) is 0 Å². The molecular formula is C13H19O6P. The monoisotopic (exact) mass is 302 g/mol. The zero-order valence-electron chi connectivity index (χ0n) is 11.0. The Bertz CT molecular complexity index is 461. The van der Waals surface area contributed by atoms with Crippen LogP contribution in [0.2, 0.25) is 0 Å². The Labute approximate surface area is 117 Å². The average molecular weight is 302 g/mol. The molecule has 0 heterocycles. The van der Waals surface area contributed by atoms with E-state index in [1.165, 1.54) is 0 Å². The van der Waals surface area contributed by atoms with Gasteiger partial charge in [-0.25, -0.2) is 0 Å². The third-order valence-electron chi connectivity index (χ3n) is 2.83. The predicted octanol–water partition coefficient (Wildman–Crippen LogP) is 0.682. The summed E-state index contributed by atoms with van der Waals surface area (Å²) in [5.74, 6) is -2.08. The summed E-state index contributed by atoms with van der Waals surface area (Å²) in [4.78, 5) is 11.1. The van der Waals surface area contributed by atoms with E-state index in [0.717, 1.165) is 0 Å². The predicted molar refractivity (Wildman–Crippen MR) is 74.4 cm³/mol. The number of hydrogen-bond acceptors (Lipinski definition) is 5. The third kappa shape index (κ3) is 4.72. The highest BCUT2D eigenvalue weighted by Crippen LogP contribution is 2.47. The normalized spacial score (nSPS) is 15.5. The van der Waals surface area contributed by atoms with E-state index in [9.17, 15) is 9.36 Å². The maximum atomic E-state index is 12.9. The highest BCUT2D eigenvalue weighted by molar-refractivity contribution is 7.67. The molecule has 0 saturated carbocycles. The second kappa shape index (κ2) is 8.17. The summed E-state index contributed by atoms with van der Waals surface area (Å²) in [6.07, 6.45) is -0.193. The van der Waals surface area contributed by atoms with Crippen LogP contribution in [0.3, 0.4) is 0 Å². The second-order valence-corrected chi connectivity index (χ2v) is 6.78. The van der Waals surface area contributed by atoms with Crippen molar-refractivity contribution in [3.05, 3.63) is 30.3 Å². The summed E-state index contributed by atoms with van der Waals surface area (Å²) >= 11 is 0. The number of aliphatic carboxylic acids is 1. The number of carboxylic acid groups (broad SMARTS) is 1. The maximum Gasteiger partial charge on any atom is 0.307 e. The summed E-state index contributed by atoms with van der Waals surface area (Å²) in [5, 5.41) is 27.2. The molecule has 112 valence electrons. The smallest absolute Gasteiger partial charge is 0.307 e. The molecule has 2 unspecified atom stereocenters. The van der Waals surface area contributed by atoms with Gasteiger partial charge in [-0.15, -0.1) is 0 Å². The van der Waals surface area contributed by atoms with E-state index >= 15 is 0 Å². The first-order valence-corrected chi connectivity index (χ1v) is 8.08. The van der Waals surface area contributed by atoms with Crippen molar-refractivity contribution in [2.75, 3.05) is 26.0 Å². The molecule has 1 aromatic carbocycles. The lowest BCUT2D eigenvalue weighted by Gasteiger charge is -2.21.